The van der Waals surface area contributed by atoms with Crippen molar-refractivity contribution in [1.29, 1.82) is 0 Å². The van der Waals surface area contributed by atoms with Crippen molar-refractivity contribution in [3.63, 3.8) is 0 Å². The van der Waals surface area contributed by atoms with E-state index in [1.165, 1.54) is 38.8 Å². The van der Waals surface area contributed by atoms with E-state index in [9.17, 15) is 4.79 Å². The van der Waals surface area contributed by atoms with Crippen molar-refractivity contribution in [2.75, 3.05) is 33.5 Å². The number of benzene rings is 1. The van der Waals surface area contributed by atoms with Crippen LogP contribution in [-0.2, 0) is 14.3 Å². The number of piperidine rings is 1. The van der Waals surface area contributed by atoms with Crippen LogP contribution in [0.2, 0.25) is 0 Å². The maximum Gasteiger partial charge on any atom is 0.278 e. The van der Waals surface area contributed by atoms with Gasteiger partial charge in [0, 0.05) is 19.7 Å². The molecule has 9 nitrogen and oxygen atoms in total. The van der Waals surface area contributed by atoms with Crippen LogP contribution in [0.25, 0.3) is 0 Å². The first-order chi connectivity index (χ1) is 14.6. The van der Waals surface area contributed by atoms with Gasteiger partial charge in [0.1, 0.15) is 13.6 Å². The molecule has 0 bridgehead atoms. The van der Waals surface area contributed by atoms with Gasteiger partial charge in [-0.1, -0.05) is 19.4 Å². The fourth-order valence-electron chi connectivity index (χ4n) is 2.95. The number of unbranched alkanes of at least 4 members (excludes halogenated alkanes) is 1. The van der Waals surface area contributed by atoms with Gasteiger partial charge in [-0.2, -0.15) is 0 Å². The van der Waals surface area contributed by atoms with Gasteiger partial charge in [-0.25, -0.2) is 5.48 Å². The van der Waals surface area contributed by atoms with Crippen LogP contribution in [0.3, 0.4) is 0 Å². The number of hydrogen-bond acceptors (Lipinski definition) is 8. The summed E-state index contributed by atoms with van der Waals surface area (Å²) in [7, 11) is 2.18. The minimum Gasteiger partial charge on any atom is -0.454 e. The summed E-state index contributed by atoms with van der Waals surface area (Å²) < 4.78 is 16.0. The summed E-state index contributed by atoms with van der Waals surface area (Å²) in [4.78, 5) is 29.7. The molecule has 0 aliphatic carbocycles. The third kappa shape index (κ3) is 8.89. The van der Waals surface area contributed by atoms with Crippen LogP contribution in [0.15, 0.2) is 12.1 Å². The fraction of sp³-hybridized carbons (Fsp3) is 0.571. The molecule has 30 heavy (non-hydrogen) atoms. The maximum absolute atomic E-state index is 11.3. The molecule has 0 spiro atoms. The molecule has 9 heteroatoms. The number of hydrogen-bond donors (Lipinski definition) is 2. The average molecular weight is 427 g/mol. The molecule has 2 aliphatic heterocycles. The normalized spacial score (nSPS) is 14.8. The number of hydroxylamine groups is 1. The van der Waals surface area contributed by atoms with E-state index in [4.69, 9.17) is 29.0 Å². The molecule has 1 aromatic rings. The van der Waals surface area contributed by atoms with Crippen LogP contribution in [0.5, 0.6) is 11.5 Å². The van der Waals surface area contributed by atoms with Crippen LogP contribution in [-0.4, -0.2) is 69.2 Å². The highest BCUT2D eigenvalue weighted by Gasteiger charge is 2.23. The molecule has 0 saturated carbocycles. The standard InChI is InChI=1S/C10H21NO.C9H9NO4.2CH2O/c1-3-4-9-12-10-5-7-11(2)8-6-10;1-5-2-3-6-8(14-4-13-6)7(5)9(11)10-12;2*1-2/h10H,3-9H2,1-2H3;2-3,12H,4H2,1H3,(H,10,11);2*1H2. The molecule has 1 aromatic carbocycles. The van der Waals surface area contributed by atoms with E-state index in [0.717, 1.165) is 12.2 Å². The Kier molecular flexibility index (Phi) is 15.0. The Hall–Kier alpha value is -2.49. The summed E-state index contributed by atoms with van der Waals surface area (Å²) in [6.45, 7) is 11.4. The summed E-state index contributed by atoms with van der Waals surface area (Å²) in [5.41, 5.74) is 2.61. The Morgan fingerprint density at radius 2 is 1.87 bits per heavy atom. The second kappa shape index (κ2) is 16.3. The monoisotopic (exact) mass is 426 g/mol. The molecule has 1 saturated heterocycles. The average Bonchev–Trinajstić information content (AvgIpc) is 3.27. The van der Waals surface area contributed by atoms with Gasteiger partial charge in [0.2, 0.25) is 6.79 Å². The second-order valence-corrected chi connectivity index (χ2v) is 6.66. The number of aryl methyl sites for hydroxylation is 1. The van der Waals surface area contributed by atoms with E-state index < -0.39 is 5.91 Å². The van der Waals surface area contributed by atoms with Crippen LogP contribution in [0, 0.1) is 6.92 Å². The van der Waals surface area contributed by atoms with E-state index in [1.807, 2.05) is 13.6 Å². The largest absolute Gasteiger partial charge is 0.454 e. The quantitative estimate of drug-likeness (QED) is 0.419. The summed E-state index contributed by atoms with van der Waals surface area (Å²) in [6.07, 6.45) is 5.45. The first-order valence-electron chi connectivity index (χ1n) is 9.78. The van der Waals surface area contributed by atoms with Crippen molar-refractivity contribution in [2.24, 2.45) is 0 Å². The molecule has 0 unspecified atom stereocenters. The number of likely N-dealkylation sites (tertiary alicyclic amines) is 1. The number of nitrogens with zero attached hydrogens (tertiary/aromatic N) is 1. The summed E-state index contributed by atoms with van der Waals surface area (Å²) >= 11 is 0. The van der Waals surface area contributed by atoms with Gasteiger partial charge in [-0.15, -0.1) is 0 Å². The molecular formula is C21H34N2O7. The lowest BCUT2D eigenvalue weighted by Crippen LogP contribution is -2.34. The molecule has 0 radical (unpaired) electrons. The highest BCUT2D eigenvalue weighted by atomic mass is 16.7. The van der Waals surface area contributed by atoms with Crippen LogP contribution < -0.4 is 15.0 Å². The number of carbonyl (C=O) groups excluding carboxylic acids is 3. The van der Waals surface area contributed by atoms with Gasteiger partial charge in [0.05, 0.1) is 11.7 Å². The van der Waals surface area contributed by atoms with Crippen LogP contribution >= 0.6 is 0 Å². The maximum atomic E-state index is 11.3. The second-order valence-electron chi connectivity index (χ2n) is 6.66. The Balaban J connectivity index is 0.000000486. The molecule has 1 amide bonds. The highest BCUT2D eigenvalue weighted by molar-refractivity contribution is 5.98. The molecule has 2 N–H and O–H groups in total. The predicted molar refractivity (Wildman–Crippen MR) is 112 cm³/mol. The summed E-state index contributed by atoms with van der Waals surface area (Å²) in [5.74, 6) is 0.315. The first-order valence-corrected chi connectivity index (χ1v) is 9.78. The third-order valence-corrected chi connectivity index (χ3v) is 4.59. The molecular weight excluding hydrogens is 392 g/mol. The van der Waals surface area contributed by atoms with Crippen LogP contribution in [0.1, 0.15) is 48.5 Å². The number of amides is 1. The van der Waals surface area contributed by atoms with E-state index in [2.05, 4.69) is 18.9 Å². The van der Waals surface area contributed by atoms with Gasteiger partial charge >= 0.3 is 0 Å². The number of ether oxygens (including phenoxy) is 3. The lowest BCUT2D eigenvalue weighted by molar-refractivity contribution is -0.0987. The van der Waals surface area contributed by atoms with Crippen molar-refractivity contribution in [2.45, 2.75) is 45.6 Å². The smallest absolute Gasteiger partial charge is 0.278 e. The van der Waals surface area contributed by atoms with Crippen LogP contribution in [0.4, 0.5) is 0 Å². The lowest BCUT2D eigenvalue weighted by Gasteiger charge is -2.28. The van der Waals surface area contributed by atoms with Gasteiger partial charge < -0.3 is 28.7 Å². The van der Waals surface area contributed by atoms with Crippen molar-refractivity contribution >= 4 is 19.5 Å². The fourth-order valence-corrected chi connectivity index (χ4v) is 2.95. The number of fused-ring (bicyclic) bond motifs is 1. The van der Waals surface area contributed by atoms with Crippen molar-refractivity contribution in [1.82, 2.24) is 10.4 Å². The third-order valence-electron chi connectivity index (χ3n) is 4.59. The molecule has 3 rings (SSSR count). The SMILES string of the molecule is C=O.C=O.CCCCOC1CCN(C)CC1.Cc1ccc2c(c1C(=O)NO)OCO2. The van der Waals surface area contributed by atoms with Gasteiger partial charge in [0.25, 0.3) is 5.91 Å². The van der Waals surface area contributed by atoms with E-state index in [1.54, 1.807) is 24.5 Å². The minimum atomic E-state index is -0.593. The minimum absolute atomic E-state index is 0.102. The molecule has 2 aliphatic rings. The summed E-state index contributed by atoms with van der Waals surface area (Å²) in [5, 5.41) is 8.55. The lowest BCUT2D eigenvalue weighted by atomic mass is 10.1. The van der Waals surface area contributed by atoms with Crippen molar-refractivity contribution in [3.8, 4) is 11.5 Å². The topological polar surface area (TPSA) is 114 Å². The number of nitrogens with one attached hydrogen (secondary N) is 1. The summed E-state index contributed by atoms with van der Waals surface area (Å²) in [6, 6.07) is 3.46. The van der Waals surface area contributed by atoms with E-state index >= 15 is 0 Å². The van der Waals surface area contributed by atoms with E-state index in [-0.39, 0.29) is 6.79 Å². The number of carbonyl (C=O) groups is 3. The molecule has 170 valence electrons. The zero-order chi connectivity index (χ0) is 22.9. The Morgan fingerprint density at radius 3 is 2.43 bits per heavy atom. The molecule has 0 aromatic heterocycles. The van der Waals surface area contributed by atoms with Gasteiger partial charge in [-0.3, -0.25) is 10.0 Å². The Labute approximate surface area is 178 Å². The van der Waals surface area contributed by atoms with Gasteiger partial charge in [-0.05, 0) is 44.9 Å². The molecule has 2 heterocycles. The Morgan fingerprint density at radius 1 is 1.23 bits per heavy atom. The van der Waals surface area contributed by atoms with Crippen molar-refractivity contribution in [3.05, 3.63) is 23.3 Å². The van der Waals surface area contributed by atoms with E-state index in [0.29, 0.717) is 23.2 Å². The number of rotatable bonds is 5. The highest BCUT2D eigenvalue weighted by Crippen LogP contribution is 2.37. The first kappa shape index (κ1) is 27.5. The zero-order valence-corrected chi connectivity index (χ0v) is 18.1. The van der Waals surface area contributed by atoms with Crippen molar-refractivity contribution < 1.29 is 33.8 Å². The molecule has 0 atom stereocenters. The molecule has 1 fully saturated rings. The zero-order valence-electron chi connectivity index (χ0n) is 18.1. The predicted octanol–water partition coefficient (Wildman–Crippen LogP) is 2.37. The Bertz CT molecular complexity index is 618. The van der Waals surface area contributed by atoms with Gasteiger partial charge in [0.15, 0.2) is 11.5 Å².